The molecule has 4 heteroatoms. The molecule has 2 unspecified atom stereocenters. The summed E-state index contributed by atoms with van der Waals surface area (Å²) in [4.78, 5) is 16.0. The van der Waals surface area contributed by atoms with Crippen LogP contribution in [0, 0.1) is 0 Å². The van der Waals surface area contributed by atoms with Crippen LogP contribution in [0.1, 0.15) is 13.3 Å². The lowest BCUT2D eigenvalue weighted by Gasteiger charge is -2.35. The van der Waals surface area contributed by atoms with Crippen molar-refractivity contribution in [2.24, 2.45) is 0 Å². The van der Waals surface area contributed by atoms with Crippen LogP contribution in [-0.2, 0) is 4.79 Å². The van der Waals surface area contributed by atoms with Gasteiger partial charge in [0.25, 0.3) is 0 Å². The standard InChI is InChI=1S/C9H19N2OP/c1-3-8(12)9(13)11-6-4-10(2)5-7-11/h9H,3-7,13H2,1-2H3. The molecule has 76 valence electrons. The van der Waals surface area contributed by atoms with Gasteiger partial charge in [0.2, 0.25) is 0 Å². The zero-order valence-electron chi connectivity index (χ0n) is 8.49. The molecule has 0 radical (unpaired) electrons. The Hall–Kier alpha value is 0.0200. The van der Waals surface area contributed by atoms with Crippen LogP contribution >= 0.6 is 9.24 Å². The molecule has 1 aliphatic heterocycles. The highest BCUT2D eigenvalue weighted by atomic mass is 31.0. The van der Waals surface area contributed by atoms with Gasteiger partial charge in [-0.3, -0.25) is 9.69 Å². The van der Waals surface area contributed by atoms with E-state index in [4.69, 9.17) is 0 Å². The smallest absolute Gasteiger partial charge is 0.153 e. The predicted octanol–water partition coefficient (Wildman–Crippen LogP) is 0.414. The molecule has 3 nitrogen and oxygen atoms in total. The summed E-state index contributed by atoms with van der Waals surface area (Å²) in [5.41, 5.74) is 0. The van der Waals surface area contributed by atoms with Gasteiger partial charge in [0.05, 0.1) is 5.78 Å². The van der Waals surface area contributed by atoms with E-state index >= 15 is 0 Å². The van der Waals surface area contributed by atoms with E-state index in [1.54, 1.807) is 0 Å². The fourth-order valence-electron chi connectivity index (χ4n) is 1.51. The minimum Gasteiger partial charge on any atom is -0.304 e. The van der Waals surface area contributed by atoms with E-state index in [-0.39, 0.29) is 5.78 Å². The summed E-state index contributed by atoms with van der Waals surface area (Å²) >= 11 is 0. The lowest BCUT2D eigenvalue weighted by Crippen LogP contribution is -2.49. The minimum absolute atomic E-state index is 0.0405. The number of ketones is 1. The number of carbonyl (C=O) groups excluding carboxylic acids is 1. The molecular formula is C9H19N2OP. The van der Waals surface area contributed by atoms with E-state index in [1.807, 2.05) is 6.92 Å². The van der Waals surface area contributed by atoms with Crippen molar-refractivity contribution in [3.05, 3.63) is 0 Å². The van der Waals surface area contributed by atoms with Gasteiger partial charge in [-0.05, 0) is 7.05 Å². The second-order valence-corrected chi connectivity index (χ2v) is 4.24. The first-order valence-corrected chi connectivity index (χ1v) is 5.52. The molecule has 1 saturated heterocycles. The highest BCUT2D eigenvalue weighted by molar-refractivity contribution is 7.19. The van der Waals surface area contributed by atoms with Gasteiger partial charge in [0.1, 0.15) is 0 Å². The molecule has 1 aliphatic rings. The number of likely N-dealkylation sites (N-methyl/N-ethyl adjacent to an activating group) is 1. The monoisotopic (exact) mass is 202 g/mol. The van der Waals surface area contributed by atoms with Gasteiger partial charge in [-0.1, -0.05) is 6.92 Å². The first kappa shape index (κ1) is 11.1. The van der Waals surface area contributed by atoms with E-state index in [1.165, 1.54) is 0 Å². The summed E-state index contributed by atoms with van der Waals surface area (Å²) < 4.78 is 0. The normalized spacial score (nSPS) is 23.0. The Bertz CT molecular complexity index is 178. The fraction of sp³-hybridized carbons (Fsp3) is 0.889. The molecule has 1 heterocycles. The van der Waals surface area contributed by atoms with Crippen LogP contribution in [-0.4, -0.2) is 54.6 Å². The van der Waals surface area contributed by atoms with Crippen LogP contribution in [0.25, 0.3) is 0 Å². The second kappa shape index (κ2) is 5.04. The Labute approximate surface area is 82.7 Å². The maximum Gasteiger partial charge on any atom is 0.153 e. The number of Topliss-reactive ketones (excluding diaryl/α,β-unsaturated/α-hetero) is 1. The summed E-state index contributed by atoms with van der Waals surface area (Å²) in [6, 6.07) is 0. The van der Waals surface area contributed by atoms with Crippen molar-refractivity contribution in [1.29, 1.82) is 0 Å². The number of piperazine rings is 1. The number of hydrogen-bond acceptors (Lipinski definition) is 3. The maximum absolute atomic E-state index is 11.4. The summed E-state index contributed by atoms with van der Waals surface area (Å²) in [5, 5.41) is 0. The molecule has 0 aromatic rings. The predicted molar refractivity (Wildman–Crippen MR) is 57.9 cm³/mol. The molecule has 0 aromatic heterocycles. The number of carbonyl (C=O) groups is 1. The van der Waals surface area contributed by atoms with Crippen molar-refractivity contribution >= 4 is 15.0 Å². The van der Waals surface area contributed by atoms with Crippen LogP contribution in [0.2, 0.25) is 0 Å². The van der Waals surface area contributed by atoms with E-state index in [0.717, 1.165) is 26.2 Å². The number of rotatable bonds is 3. The molecule has 1 rings (SSSR count). The summed E-state index contributed by atoms with van der Waals surface area (Å²) in [5.74, 6) is 0.369. The average molecular weight is 202 g/mol. The van der Waals surface area contributed by atoms with Crippen LogP contribution < -0.4 is 0 Å². The summed E-state index contributed by atoms with van der Waals surface area (Å²) in [6.07, 6.45) is 0.639. The van der Waals surface area contributed by atoms with E-state index in [9.17, 15) is 4.79 Å². The zero-order valence-corrected chi connectivity index (χ0v) is 9.65. The third-order valence-electron chi connectivity index (χ3n) is 2.61. The van der Waals surface area contributed by atoms with Crippen LogP contribution in [0.5, 0.6) is 0 Å². The molecule has 1 fully saturated rings. The molecule has 13 heavy (non-hydrogen) atoms. The number of hydrogen-bond donors (Lipinski definition) is 0. The van der Waals surface area contributed by atoms with Gasteiger partial charge >= 0.3 is 0 Å². The van der Waals surface area contributed by atoms with Crippen molar-refractivity contribution in [3.63, 3.8) is 0 Å². The third kappa shape index (κ3) is 3.01. The Morgan fingerprint density at radius 2 is 1.92 bits per heavy atom. The molecule has 0 aromatic carbocycles. The zero-order chi connectivity index (χ0) is 9.84. The highest BCUT2D eigenvalue weighted by Crippen LogP contribution is 2.13. The molecule has 2 atom stereocenters. The minimum atomic E-state index is 0.0405. The third-order valence-corrected chi connectivity index (χ3v) is 3.40. The molecule has 0 spiro atoms. The van der Waals surface area contributed by atoms with Gasteiger partial charge in [-0.2, -0.15) is 0 Å². The van der Waals surface area contributed by atoms with Gasteiger partial charge in [-0.25, -0.2) is 0 Å². The van der Waals surface area contributed by atoms with E-state index in [2.05, 4.69) is 26.1 Å². The quantitative estimate of drug-likeness (QED) is 0.619. The Balaban J connectivity index is 2.39. The maximum atomic E-state index is 11.4. The van der Waals surface area contributed by atoms with Crippen LogP contribution in [0.4, 0.5) is 0 Å². The van der Waals surface area contributed by atoms with E-state index < -0.39 is 0 Å². The molecule has 0 amide bonds. The average Bonchev–Trinajstić information content (AvgIpc) is 2.17. The summed E-state index contributed by atoms with van der Waals surface area (Å²) in [7, 11) is 4.78. The molecule has 0 saturated carbocycles. The molecule has 0 N–H and O–H groups in total. The van der Waals surface area contributed by atoms with Crippen molar-refractivity contribution < 1.29 is 4.79 Å². The van der Waals surface area contributed by atoms with Gasteiger partial charge in [-0.15, -0.1) is 9.24 Å². The van der Waals surface area contributed by atoms with E-state index in [0.29, 0.717) is 12.2 Å². The second-order valence-electron chi connectivity index (χ2n) is 3.60. The lowest BCUT2D eigenvalue weighted by molar-refractivity contribution is -0.121. The topological polar surface area (TPSA) is 23.6 Å². The van der Waals surface area contributed by atoms with Gasteiger partial charge < -0.3 is 4.90 Å². The number of nitrogens with zero attached hydrogens (tertiary/aromatic N) is 2. The lowest BCUT2D eigenvalue weighted by atomic mass is 10.2. The van der Waals surface area contributed by atoms with Crippen molar-refractivity contribution in [2.45, 2.75) is 19.1 Å². The van der Waals surface area contributed by atoms with Crippen molar-refractivity contribution in [3.8, 4) is 0 Å². The first-order valence-electron chi connectivity index (χ1n) is 4.86. The van der Waals surface area contributed by atoms with Crippen molar-refractivity contribution in [1.82, 2.24) is 9.80 Å². The van der Waals surface area contributed by atoms with Crippen LogP contribution in [0.15, 0.2) is 0 Å². The first-order chi connectivity index (χ1) is 6.15. The fourth-order valence-corrected chi connectivity index (χ4v) is 2.05. The Morgan fingerprint density at radius 3 is 2.38 bits per heavy atom. The highest BCUT2D eigenvalue weighted by Gasteiger charge is 2.22. The van der Waals surface area contributed by atoms with Crippen molar-refractivity contribution in [2.75, 3.05) is 33.2 Å². The van der Waals surface area contributed by atoms with Gasteiger partial charge in [0, 0.05) is 32.6 Å². The largest absolute Gasteiger partial charge is 0.304 e. The molecular weight excluding hydrogens is 183 g/mol. The molecule has 0 aliphatic carbocycles. The van der Waals surface area contributed by atoms with Crippen LogP contribution in [0.3, 0.4) is 0 Å². The Kier molecular flexibility index (Phi) is 4.30. The summed E-state index contributed by atoms with van der Waals surface area (Å²) in [6.45, 7) is 6.09. The SMILES string of the molecule is CCC(=O)C(P)N1CCN(C)CC1. The molecule has 0 bridgehead atoms. The van der Waals surface area contributed by atoms with Gasteiger partial charge in [0.15, 0.2) is 5.78 Å². The Morgan fingerprint density at radius 1 is 1.38 bits per heavy atom.